The second kappa shape index (κ2) is 4.67. The standard InChI is InChI=1S/C22H21N/c1-13-5-14(2)7-19(6-13)21-4-3-16-11-20-17-8-15(9-17)10-18(20)12-22(16)23-21/h3-7,11-12,15,17H,8-10H2,1-2H3. The Morgan fingerprint density at radius 2 is 1.70 bits per heavy atom. The van der Waals surface area contributed by atoms with Gasteiger partial charge in [-0.25, -0.2) is 4.98 Å². The van der Waals surface area contributed by atoms with Crippen LogP contribution in [-0.2, 0) is 6.42 Å². The molecule has 0 N–H and O–H groups in total. The van der Waals surface area contributed by atoms with E-state index < -0.39 is 0 Å². The molecule has 3 aromatic rings. The molecule has 1 saturated carbocycles. The summed E-state index contributed by atoms with van der Waals surface area (Å²) < 4.78 is 0. The molecule has 0 amide bonds. The molecule has 0 atom stereocenters. The average Bonchev–Trinajstić information content (AvgIpc) is 2.49. The molecule has 3 aliphatic carbocycles. The van der Waals surface area contributed by atoms with E-state index in [4.69, 9.17) is 4.98 Å². The number of aromatic nitrogens is 1. The van der Waals surface area contributed by atoms with E-state index in [0.717, 1.165) is 23.0 Å². The number of pyridine rings is 1. The monoisotopic (exact) mass is 299 g/mol. The molecule has 1 heterocycles. The highest BCUT2D eigenvalue weighted by Gasteiger charge is 2.37. The van der Waals surface area contributed by atoms with Gasteiger partial charge in [0.2, 0.25) is 0 Å². The van der Waals surface area contributed by atoms with Crippen LogP contribution in [0.25, 0.3) is 22.2 Å². The van der Waals surface area contributed by atoms with Crippen molar-refractivity contribution in [1.82, 2.24) is 4.98 Å². The van der Waals surface area contributed by atoms with E-state index in [1.54, 1.807) is 11.1 Å². The molecule has 1 nitrogen and oxygen atoms in total. The molecular weight excluding hydrogens is 278 g/mol. The van der Waals surface area contributed by atoms with E-state index in [9.17, 15) is 0 Å². The summed E-state index contributed by atoms with van der Waals surface area (Å²) >= 11 is 0. The smallest absolute Gasteiger partial charge is 0.0712 e. The number of benzene rings is 2. The topological polar surface area (TPSA) is 12.9 Å². The Bertz CT molecular complexity index is 912. The van der Waals surface area contributed by atoms with Gasteiger partial charge in [0.25, 0.3) is 0 Å². The summed E-state index contributed by atoms with van der Waals surface area (Å²) in [6.45, 7) is 4.31. The number of fused-ring (bicyclic) bond motifs is 1. The lowest BCUT2D eigenvalue weighted by atomic mass is 9.62. The van der Waals surface area contributed by atoms with E-state index in [0.29, 0.717) is 0 Å². The molecule has 1 heteroatoms. The van der Waals surface area contributed by atoms with Crippen molar-refractivity contribution in [2.45, 2.75) is 39.0 Å². The van der Waals surface area contributed by atoms with Gasteiger partial charge in [0.1, 0.15) is 0 Å². The Morgan fingerprint density at radius 1 is 0.913 bits per heavy atom. The third kappa shape index (κ3) is 2.10. The Morgan fingerprint density at radius 3 is 2.48 bits per heavy atom. The summed E-state index contributed by atoms with van der Waals surface area (Å²) in [4.78, 5) is 4.98. The minimum atomic E-state index is 0.826. The molecule has 1 fully saturated rings. The van der Waals surface area contributed by atoms with Crippen LogP contribution in [0.3, 0.4) is 0 Å². The summed E-state index contributed by atoms with van der Waals surface area (Å²) in [7, 11) is 0. The van der Waals surface area contributed by atoms with Crippen molar-refractivity contribution in [3.8, 4) is 11.3 Å². The normalized spacial score (nSPS) is 21.8. The van der Waals surface area contributed by atoms with Gasteiger partial charge in [-0.1, -0.05) is 23.3 Å². The van der Waals surface area contributed by atoms with Crippen LogP contribution >= 0.6 is 0 Å². The van der Waals surface area contributed by atoms with Gasteiger partial charge in [0, 0.05) is 10.9 Å². The van der Waals surface area contributed by atoms with Gasteiger partial charge in [-0.2, -0.15) is 0 Å². The van der Waals surface area contributed by atoms with E-state index in [-0.39, 0.29) is 0 Å². The molecule has 0 saturated heterocycles. The third-order valence-electron chi connectivity index (χ3n) is 5.65. The van der Waals surface area contributed by atoms with Crippen LogP contribution in [0.4, 0.5) is 0 Å². The first-order valence-corrected chi connectivity index (χ1v) is 8.68. The fourth-order valence-electron chi connectivity index (χ4n) is 4.54. The van der Waals surface area contributed by atoms with Crippen molar-refractivity contribution in [2.75, 3.05) is 0 Å². The van der Waals surface area contributed by atoms with Gasteiger partial charge in [-0.05, 0) is 86.4 Å². The first-order valence-electron chi connectivity index (χ1n) is 8.68. The molecular formula is C22H21N. The first kappa shape index (κ1) is 13.3. The van der Waals surface area contributed by atoms with E-state index in [2.05, 4.69) is 56.3 Å². The van der Waals surface area contributed by atoms with Crippen LogP contribution in [-0.4, -0.2) is 4.98 Å². The predicted molar refractivity (Wildman–Crippen MR) is 95.8 cm³/mol. The molecule has 3 aliphatic rings. The van der Waals surface area contributed by atoms with E-state index in [1.165, 1.54) is 41.3 Å². The Balaban J connectivity index is 1.66. The van der Waals surface area contributed by atoms with Gasteiger partial charge in [-0.15, -0.1) is 0 Å². The molecule has 0 aliphatic heterocycles. The fraction of sp³-hybridized carbons (Fsp3) is 0.318. The molecule has 6 rings (SSSR count). The Labute approximate surface area is 137 Å². The largest absolute Gasteiger partial charge is 0.248 e. The highest BCUT2D eigenvalue weighted by atomic mass is 14.7. The van der Waals surface area contributed by atoms with Gasteiger partial charge >= 0.3 is 0 Å². The molecule has 1 aromatic heterocycles. The van der Waals surface area contributed by atoms with Crippen LogP contribution in [0.15, 0.2) is 42.5 Å². The molecule has 114 valence electrons. The summed E-state index contributed by atoms with van der Waals surface area (Å²) in [5.41, 5.74) is 9.22. The average molecular weight is 299 g/mol. The Hall–Kier alpha value is -2.15. The Kier molecular flexibility index (Phi) is 2.70. The van der Waals surface area contributed by atoms with E-state index in [1.807, 2.05) is 0 Å². The molecule has 2 aromatic carbocycles. The van der Waals surface area contributed by atoms with Crippen molar-refractivity contribution >= 4 is 10.9 Å². The first-order chi connectivity index (χ1) is 11.2. The molecule has 2 bridgehead atoms. The van der Waals surface area contributed by atoms with Crippen molar-refractivity contribution in [1.29, 1.82) is 0 Å². The number of rotatable bonds is 1. The summed E-state index contributed by atoms with van der Waals surface area (Å²) in [5.74, 6) is 1.76. The quantitative estimate of drug-likeness (QED) is 0.572. The van der Waals surface area contributed by atoms with E-state index >= 15 is 0 Å². The van der Waals surface area contributed by atoms with Crippen molar-refractivity contribution in [2.24, 2.45) is 5.92 Å². The maximum atomic E-state index is 4.98. The maximum absolute atomic E-state index is 4.98. The zero-order valence-electron chi connectivity index (χ0n) is 13.8. The summed E-state index contributed by atoms with van der Waals surface area (Å²) in [6.07, 6.45) is 4.08. The molecule has 23 heavy (non-hydrogen) atoms. The predicted octanol–water partition coefficient (Wildman–Crippen LogP) is 5.57. The second-order valence-corrected chi connectivity index (χ2v) is 7.56. The lowest BCUT2D eigenvalue weighted by Gasteiger charge is -2.42. The van der Waals surface area contributed by atoms with Gasteiger partial charge < -0.3 is 0 Å². The van der Waals surface area contributed by atoms with Gasteiger partial charge in [-0.3, -0.25) is 0 Å². The fourth-order valence-corrected chi connectivity index (χ4v) is 4.54. The lowest BCUT2D eigenvalue weighted by molar-refractivity contribution is 0.238. The van der Waals surface area contributed by atoms with Gasteiger partial charge in [0.15, 0.2) is 0 Å². The summed E-state index contributed by atoms with van der Waals surface area (Å²) in [5, 5.41) is 1.29. The number of hydrogen-bond donors (Lipinski definition) is 0. The van der Waals surface area contributed by atoms with Crippen LogP contribution in [0.5, 0.6) is 0 Å². The second-order valence-electron chi connectivity index (χ2n) is 7.56. The van der Waals surface area contributed by atoms with Gasteiger partial charge in [0.05, 0.1) is 11.2 Å². The van der Waals surface area contributed by atoms with Crippen LogP contribution in [0, 0.1) is 19.8 Å². The van der Waals surface area contributed by atoms with Crippen molar-refractivity contribution in [3.05, 3.63) is 64.7 Å². The minimum Gasteiger partial charge on any atom is -0.248 e. The van der Waals surface area contributed by atoms with Crippen LogP contribution in [0.1, 0.15) is 41.0 Å². The molecule has 0 spiro atoms. The van der Waals surface area contributed by atoms with Crippen molar-refractivity contribution in [3.63, 3.8) is 0 Å². The highest BCUT2D eigenvalue weighted by molar-refractivity contribution is 5.83. The molecule has 0 radical (unpaired) electrons. The zero-order valence-corrected chi connectivity index (χ0v) is 13.8. The minimum absolute atomic E-state index is 0.826. The lowest BCUT2D eigenvalue weighted by Crippen LogP contribution is -2.30. The number of hydrogen-bond acceptors (Lipinski definition) is 1. The zero-order chi connectivity index (χ0) is 15.6. The summed E-state index contributed by atoms with van der Waals surface area (Å²) in [6, 6.07) is 15.9. The SMILES string of the molecule is Cc1cc(C)cc(-c2ccc3cc4c(cc3n2)CC2CC4C2)c1. The third-order valence-corrected chi connectivity index (χ3v) is 5.65. The number of aryl methyl sites for hydroxylation is 2. The van der Waals surface area contributed by atoms with Crippen LogP contribution in [0.2, 0.25) is 0 Å². The maximum Gasteiger partial charge on any atom is 0.0712 e. The number of nitrogens with zero attached hydrogens (tertiary/aromatic N) is 1. The highest BCUT2D eigenvalue weighted by Crippen LogP contribution is 2.50. The van der Waals surface area contributed by atoms with Crippen molar-refractivity contribution < 1.29 is 0 Å². The molecule has 0 unspecified atom stereocenters. The van der Waals surface area contributed by atoms with Crippen LogP contribution < -0.4 is 0 Å².